The number of hydrazine groups is 1. The fourth-order valence-electron chi connectivity index (χ4n) is 4.36. The van der Waals surface area contributed by atoms with Gasteiger partial charge in [-0.05, 0) is 25.0 Å². The van der Waals surface area contributed by atoms with E-state index < -0.39 is 23.7 Å². The van der Waals surface area contributed by atoms with Gasteiger partial charge in [0.05, 0.1) is 11.8 Å². The lowest BCUT2D eigenvalue weighted by Gasteiger charge is -2.18. The first-order chi connectivity index (χ1) is 16.3. The highest BCUT2D eigenvalue weighted by Crippen LogP contribution is 2.22. The predicted octanol–water partition coefficient (Wildman–Crippen LogP) is 1.85. The molecule has 2 heterocycles. The van der Waals surface area contributed by atoms with Gasteiger partial charge < -0.3 is 9.80 Å². The smallest absolute Gasteiger partial charge is 0.243 e. The van der Waals surface area contributed by atoms with Crippen molar-refractivity contribution in [3.8, 4) is 0 Å². The Morgan fingerprint density at radius 1 is 0.706 bits per heavy atom. The molecular formula is C26H30N4O4. The molecule has 0 spiro atoms. The van der Waals surface area contributed by atoms with Gasteiger partial charge in [0, 0.05) is 39.0 Å². The van der Waals surface area contributed by atoms with E-state index in [4.69, 9.17) is 0 Å². The first-order valence-corrected chi connectivity index (χ1v) is 11.5. The number of nitrogens with zero attached hydrogens (tertiary/aromatic N) is 2. The van der Waals surface area contributed by atoms with E-state index in [-0.39, 0.29) is 24.7 Å². The van der Waals surface area contributed by atoms with Crippen molar-refractivity contribution < 1.29 is 19.2 Å². The first kappa shape index (κ1) is 23.5. The minimum Gasteiger partial charge on any atom is -0.338 e. The van der Waals surface area contributed by atoms with E-state index in [0.29, 0.717) is 26.2 Å². The van der Waals surface area contributed by atoms with Crippen molar-refractivity contribution in [3.63, 3.8) is 0 Å². The Balaban J connectivity index is 1.24. The van der Waals surface area contributed by atoms with Gasteiger partial charge in [-0.3, -0.25) is 30.0 Å². The number of amides is 4. The molecule has 2 saturated heterocycles. The highest BCUT2D eigenvalue weighted by atomic mass is 16.2. The Hall–Kier alpha value is -3.68. The van der Waals surface area contributed by atoms with E-state index in [1.54, 1.807) is 9.80 Å². The number of hydrogen-bond donors (Lipinski definition) is 2. The molecule has 2 aliphatic rings. The molecule has 0 radical (unpaired) electrons. The summed E-state index contributed by atoms with van der Waals surface area (Å²) in [6, 6.07) is 15.9. The van der Waals surface area contributed by atoms with E-state index in [0.717, 1.165) is 22.3 Å². The summed E-state index contributed by atoms with van der Waals surface area (Å²) in [5.41, 5.74) is 9.21. The second-order valence-electron chi connectivity index (χ2n) is 9.30. The molecule has 2 fully saturated rings. The number of nitrogens with one attached hydrogen (secondary N) is 2. The lowest BCUT2D eigenvalue weighted by Crippen LogP contribution is -2.47. The van der Waals surface area contributed by atoms with Crippen LogP contribution in [0.25, 0.3) is 0 Å². The van der Waals surface area contributed by atoms with Crippen molar-refractivity contribution in [1.29, 1.82) is 0 Å². The summed E-state index contributed by atoms with van der Waals surface area (Å²) in [4.78, 5) is 53.2. The largest absolute Gasteiger partial charge is 0.338 e. The third-order valence-electron chi connectivity index (χ3n) is 6.47. The highest BCUT2D eigenvalue weighted by Gasteiger charge is 2.36. The molecule has 4 amide bonds. The maximum absolute atomic E-state index is 12.6. The Morgan fingerprint density at radius 3 is 1.41 bits per heavy atom. The molecule has 8 nitrogen and oxygen atoms in total. The molecule has 8 heteroatoms. The van der Waals surface area contributed by atoms with Crippen molar-refractivity contribution in [2.75, 3.05) is 13.1 Å². The Bertz CT molecular complexity index is 993. The Labute approximate surface area is 199 Å². The van der Waals surface area contributed by atoms with E-state index in [1.807, 2.05) is 62.4 Å². The average molecular weight is 463 g/mol. The van der Waals surface area contributed by atoms with Crippen LogP contribution in [0.2, 0.25) is 0 Å². The molecule has 0 bridgehead atoms. The van der Waals surface area contributed by atoms with Gasteiger partial charge in [-0.25, -0.2) is 0 Å². The summed E-state index contributed by atoms with van der Waals surface area (Å²) in [5, 5.41) is 0. The molecule has 178 valence electrons. The van der Waals surface area contributed by atoms with E-state index in [1.165, 1.54) is 0 Å². The normalized spacial score (nSPS) is 20.1. The van der Waals surface area contributed by atoms with Crippen LogP contribution in [-0.4, -0.2) is 46.5 Å². The Kier molecular flexibility index (Phi) is 6.95. The first-order valence-electron chi connectivity index (χ1n) is 11.5. The van der Waals surface area contributed by atoms with Crippen LogP contribution in [0, 0.1) is 25.7 Å². The molecule has 2 atom stereocenters. The van der Waals surface area contributed by atoms with Gasteiger partial charge >= 0.3 is 0 Å². The van der Waals surface area contributed by atoms with Crippen LogP contribution >= 0.6 is 0 Å². The summed E-state index contributed by atoms with van der Waals surface area (Å²) < 4.78 is 0. The molecule has 2 aromatic carbocycles. The summed E-state index contributed by atoms with van der Waals surface area (Å²) in [6.07, 6.45) is 0.222. The highest BCUT2D eigenvalue weighted by molar-refractivity contribution is 5.92. The maximum Gasteiger partial charge on any atom is 0.243 e. The number of carbonyl (C=O) groups excluding carboxylic acids is 4. The monoisotopic (exact) mass is 462 g/mol. The Morgan fingerprint density at radius 2 is 1.06 bits per heavy atom. The van der Waals surface area contributed by atoms with Crippen molar-refractivity contribution in [3.05, 3.63) is 70.8 Å². The summed E-state index contributed by atoms with van der Waals surface area (Å²) in [6.45, 7) is 5.53. The van der Waals surface area contributed by atoms with Crippen LogP contribution in [-0.2, 0) is 32.3 Å². The van der Waals surface area contributed by atoms with Crippen LogP contribution in [0.5, 0.6) is 0 Å². The quantitative estimate of drug-likeness (QED) is 0.640. The topological polar surface area (TPSA) is 98.8 Å². The van der Waals surface area contributed by atoms with Crippen molar-refractivity contribution in [2.45, 2.75) is 39.8 Å². The van der Waals surface area contributed by atoms with Crippen LogP contribution in [0.1, 0.15) is 35.1 Å². The number of rotatable bonds is 6. The number of hydrogen-bond acceptors (Lipinski definition) is 4. The number of carbonyl (C=O) groups is 4. The molecule has 2 N–H and O–H groups in total. The third kappa shape index (κ3) is 5.62. The van der Waals surface area contributed by atoms with Gasteiger partial charge in [-0.1, -0.05) is 59.7 Å². The van der Waals surface area contributed by atoms with Gasteiger partial charge in [0.15, 0.2) is 0 Å². The van der Waals surface area contributed by atoms with Crippen LogP contribution in [0.3, 0.4) is 0 Å². The van der Waals surface area contributed by atoms with Gasteiger partial charge in [-0.2, -0.15) is 0 Å². The molecule has 0 unspecified atom stereocenters. The minimum absolute atomic E-state index is 0.0832. The van der Waals surface area contributed by atoms with Gasteiger partial charge in [0.1, 0.15) is 0 Å². The van der Waals surface area contributed by atoms with Gasteiger partial charge in [0.25, 0.3) is 0 Å². The second-order valence-corrected chi connectivity index (χ2v) is 9.30. The van der Waals surface area contributed by atoms with E-state index in [9.17, 15) is 19.2 Å². The van der Waals surface area contributed by atoms with E-state index in [2.05, 4.69) is 10.9 Å². The van der Waals surface area contributed by atoms with Crippen molar-refractivity contribution in [2.24, 2.45) is 11.8 Å². The second kappa shape index (κ2) is 10.1. The number of aryl methyl sites for hydroxylation is 2. The van der Waals surface area contributed by atoms with Crippen LogP contribution < -0.4 is 10.9 Å². The zero-order valence-corrected chi connectivity index (χ0v) is 19.5. The third-order valence-corrected chi connectivity index (χ3v) is 6.47. The fourth-order valence-corrected chi connectivity index (χ4v) is 4.36. The van der Waals surface area contributed by atoms with Gasteiger partial charge in [0.2, 0.25) is 23.6 Å². The molecular weight excluding hydrogens is 432 g/mol. The summed E-state index contributed by atoms with van der Waals surface area (Å²) in [7, 11) is 0. The SMILES string of the molecule is Cc1ccc(CN2C[C@@H](C(=O)NNC(=O)[C@H]3CC(=O)N(Cc4ccc(C)cc4)C3)CC2=O)cc1. The molecule has 0 aromatic heterocycles. The number of likely N-dealkylation sites (tertiary alicyclic amines) is 2. The molecule has 2 aromatic rings. The lowest BCUT2D eigenvalue weighted by molar-refractivity contribution is -0.133. The zero-order valence-electron chi connectivity index (χ0n) is 19.5. The van der Waals surface area contributed by atoms with Crippen molar-refractivity contribution in [1.82, 2.24) is 20.7 Å². The fraction of sp³-hybridized carbons (Fsp3) is 0.385. The zero-order chi connectivity index (χ0) is 24.2. The van der Waals surface area contributed by atoms with E-state index >= 15 is 0 Å². The summed E-state index contributed by atoms with van der Waals surface area (Å²) in [5.74, 6) is -2.01. The predicted molar refractivity (Wildman–Crippen MR) is 126 cm³/mol. The lowest BCUT2D eigenvalue weighted by atomic mass is 10.1. The minimum atomic E-state index is -0.526. The van der Waals surface area contributed by atoms with Crippen molar-refractivity contribution >= 4 is 23.6 Å². The molecule has 2 aliphatic heterocycles. The average Bonchev–Trinajstić information content (AvgIpc) is 3.37. The molecule has 4 rings (SSSR count). The molecule has 0 aliphatic carbocycles. The van der Waals surface area contributed by atoms with Crippen LogP contribution in [0.15, 0.2) is 48.5 Å². The molecule has 34 heavy (non-hydrogen) atoms. The van der Waals surface area contributed by atoms with Crippen LogP contribution in [0.4, 0.5) is 0 Å². The standard InChI is InChI=1S/C26H30N4O4/c1-17-3-7-19(8-4-17)13-29-15-21(11-23(29)31)25(33)27-28-26(34)22-12-24(32)30(16-22)14-20-9-5-18(2)6-10-20/h3-10,21-22H,11-16H2,1-2H3,(H,27,33)(H,28,34)/t21-,22-/m0/s1. The maximum atomic E-state index is 12.6. The summed E-state index contributed by atoms with van der Waals surface area (Å²) >= 11 is 0. The van der Waals surface area contributed by atoms with Gasteiger partial charge in [-0.15, -0.1) is 0 Å². The number of benzene rings is 2. The molecule has 0 saturated carbocycles.